The van der Waals surface area contributed by atoms with Gasteiger partial charge in [0.25, 0.3) is 5.91 Å². The van der Waals surface area contributed by atoms with Gasteiger partial charge in [0.15, 0.2) is 6.61 Å². The maximum atomic E-state index is 12.0. The molecule has 1 saturated heterocycles. The minimum atomic E-state index is -0.236. The lowest BCUT2D eigenvalue weighted by atomic mass is 10.2. The van der Waals surface area contributed by atoms with Crippen molar-refractivity contribution in [1.82, 2.24) is 20.3 Å². The minimum absolute atomic E-state index is 0.0632. The van der Waals surface area contributed by atoms with Crippen molar-refractivity contribution < 1.29 is 14.3 Å². The molecule has 116 valence electrons. The third-order valence-corrected chi connectivity index (χ3v) is 3.69. The Morgan fingerprint density at radius 3 is 3.09 bits per heavy atom. The van der Waals surface area contributed by atoms with Crippen molar-refractivity contribution in [1.29, 1.82) is 0 Å². The zero-order valence-corrected chi connectivity index (χ0v) is 12.4. The molecule has 0 saturated carbocycles. The summed E-state index contributed by atoms with van der Waals surface area (Å²) in [5.74, 6) is 0.246. The molecule has 1 aromatic heterocycles. The average Bonchev–Trinajstić information content (AvgIpc) is 3.17. The summed E-state index contributed by atoms with van der Waals surface area (Å²) >= 11 is 5.97. The summed E-state index contributed by atoms with van der Waals surface area (Å²) in [7, 11) is 0. The molecule has 1 amide bonds. The number of hydrogen-bond donors (Lipinski definition) is 1. The molecule has 1 fully saturated rings. The first kappa shape index (κ1) is 14.8. The first-order valence-corrected chi connectivity index (χ1v) is 7.22. The van der Waals surface area contributed by atoms with Gasteiger partial charge in [-0.25, -0.2) is 4.68 Å². The number of nitrogens with zero attached hydrogens (tertiary/aromatic N) is 3. The summed E-state index contributed by atoms with van der Waals surface area (Å²) in [6.45, 7) is 0.812. The van der Waals surface area contributed by atoms with Crippen LogP contribution < -0.4 is 10.1 Å². The number of nitrogens with one attached hydrogen (secondary N) is 1. The number of carbonyl (C=O) groups is 1. The van der Waals surface area contributed by atoms with Crippen molar-refractivity contribution >= 4 is 17.5 Å². The number of para-hydroxylation sites is 1. The normalized spacial score (nSPS) is 20.8. The van der Waals surface area contributed by atoms with Crippen molar-refractivity contribution in [3.63, 3.8) is 0 Å². The first-order valence-electron chi connectivity index (χ1n) is 6.84. The number of rotatable bonds is 5. The highest BCUT2D eigenvalue weighted by molar-refractivity contribution is 6.32. The van der Waals surface area contributed by atoms with Gasteiger partial charge in [-0.2, -0.15) is 0 Å². The summed E-state index contributed by atoms with van der Waals surface area (Å²) in [6, 6.07) is 6.79. The van der Waals surface area contributed by atoms with Crippen molar-refractivity contribution in [2.75, 3.05) is 19.8 Å². The number of aromatic nitrogens is 3. The fraction of sp³-hybridized carbons (Fsp3) is 0.357. The third kappa shape index (κ3) is 3.37. The summed E-state index contributed by atoms with van der Waals surface area (Å²) < 4.78 is 12.5. The molecule has 1 aliphatic heterocycles. The van der Waals surface area contributed by atoms with E-state index >= 15 is 0 Å². The lowest BCUT2D eigenvalue weighted by molar-refractivity contribution is -0.124. The van der Waals surface area contributed by atoms with Gasteiger partial charge in [0.2, 0.25) is 0 Å². The lowest BCUT2D eigenvalue weighted by Gasteiger charge is -2.19. The molecular weight excluding hydrogens is 308 g/mol. The van der Waals surface area contributed by atoms with Crippen molar-refractivity contribution in [2.24, 2.45) is 0 Å². The summed E-state index contributed by atoms with van der Waals surface area (Å²) in [5.41, 5.74) is 0. The molecule has 0 aliphatic carbocycles. The largest absolute Gasteiger partial charge is 0.482 e. The molecule has 1 aromatic carbocycles. The van der Waals surface area contributed by atoms with Gasteiger partial charge in [0.1, 0.15) is 5.75 Å². The van der Waals surface area contributed by atoms with E-state index in [0.717, 1.165) is 0 Å². The van der Waals surface area contributed by atoms with Crippen LogP contribution in [0.3, 0.4) is 0 Å². The maximum Gasteiger partial charge on any atom is 0.258 e. The molecule has 8 heteroatoms. The second-order valence-corrected chi connectivity index (χ2v) is 5.29. The van der Waals surface area contributed by atoms with Gasteiger partial charge >= 0.3 is 0 Å². The fourth-order valence-corrected chi connectivity index (χ4v) is 2.48. The van der Waals surface area contributed by atoms with E-state index in [0.29, 0.717) is 24.0 Å². The van der Waals surface area contributed by atoms with Crippen LogP contribution in [0.25, 0.3) is 0 Å². The van der Waals surface area contributed by atoms with Crippen LogP contribution >= 0.6 is 11.6 Å². The zero-order valence-electron chi connectivity index (χ0n) is 11.7. The van der Waals surface area contributed by atoms with Gasteiger partial charge in [-0.15, -0.1) is 5.10 Å². The Kier molecular flexibility index (Phi) is 4.55. The highest BCUT2D eigenvalue weighted by Gasteiger charge is 2.31. The molecule has 7 nitrogen and oxygen atoms in total. The molecule has 0 bridgehead atoms. The van der Waals surface area contributed by atoms with Gasteiger partial charge < -0.3 is 14.8 Å². The SMILES string of the molecule is O=C(COc1ccccc1Cl)N[C@H]1COC[C@H]1n1ccnn1. The number of amides is 1. The molecule has 0 unspecified atom stereocenters. The second-order valence-electron chi connectivity index (χ2n) is 4.88. The zero-order chi connectivity index (χ0) is 15.4. The summed E-state index contributed by atoms with van der Waals surface area (Å²) in [4.78, 5) is 12.0. The second kappa shape index (κ2) is 6.76. The molecule has 1 aliphatic rings. The fourth-order valence-electron chi connectivity index (χ4n) is 2.29. The molecule has 1 N–H and O–H groups in total. The van der Waals surface area contributed by atoms with E-state index in [9.17, 15) is 4.79 Å². The monoisotopic (exact) mass is 322 g/mol. The Hall–Kier alpha value is -2.12. The number of hydrogen-bond acceptors (Lipinski definition) is 5. The molecule has 3 rings (SSSR count). The number of benzene rings is 1. The topological polar surface area (TPSA) is 78.3 Å². The highest BCUT2D eigenvalue weighted by atomic mass is 35.5. The Morgan fingerprint density at radius 2 is 2.32 bits per heavy atom. The van der Waals surface area contributed by atoms with E-state index in [1.165, 1.54) is 0 Å². The van der Waals surface area contributed by atoms with Crippen LogP contribution in [0.5, 0.6) is 5.75 Å². The number of ether oxygens (including phenoxy) is 2. The smallest absolute Gasteiger partial charge is 0.258 e. The quantitative estimate of drug-likeness (QED) is 0.890. The van der Waals surface area contributed by atoms with E-state index in [1.54, 1.807) is 41.3 Å². The molecule has 2 atom stereocenters. The molecule has 0 radical (unpaired) electrons. The van der Waals surface area contributed by atoms with E-state index in [-0.39, 0.29) is 24.6 Å². The molecular formula is C14H15ClN4O3. The summed E-state index contributed by atoms with van der Waals surface area (Å²) in [6.07, 6.45) is 3.34. The van der Waals surface area contributed by atoms with Crippen LogP contribution in [0.4, 0.5) is 0 Å². The number of halogens is 1. The van der Waals surface area contributed by atoms with E-state index in [2.05, 4.69) is 15.6 Å². The van der Waals surface area contributed by atoms with Crippen molar-refractivity contribution in [3.8, 4) is 5.75 Å². The van der Waals surface area contributed by atoms with E-state index in [4.69, 9.17) is 21.1 Å². The highest BCUT2D eigenvalue weighted by Crippen LogP contribution is 2.23. The van der Waals surface area contributed by atoms with Crippen LogP contribution in [0.2, 0.25) is 5.02 Å². The van der Waals surface area contributed by atoms with Crippen molar-refractivity contribution in [3.05, 3.63) is 41.7 Å². The summed E-state index contributed by atoms with van der Waals surface area (Å²) in [5, 5.41) is 11.1. The van der Waals surface area contributed by atoms with Crippen LogP contribution in [-0.4, -0.2) is 46.8 Å². The van der Waals surface area contributed by atoms with Gasteiger partial charge in [-0.1, -0.05) is 28.9 Å². The minimum Gasteiger partial charge on any atom is -0.482 e. The lowest BCUT2D eigenvalue weighted by Crippen LogP contribution is -2.43. The van der Waals surface area contributed by atoms with Crippen LogP contribution in [0, 0.1) is 0 Å². The molecule has 22 heavy (non-hydrogen) atoms. The average molecular weight is 323 g/mol. The Morgan fingerprint density at radius 1 is 1.45 bits per heavy atom. The van der Waals surface area contributed by atoms with Crippen LogP contribution in [-0.2, 0) is 9.53 Å². The molecule has 0 spiro atoms. The van der Waals surface area contributed by atoms with Gasteiger partial charge in [-0.3, -0.25) is 4.79 Å². The van der Waals surface area contributed by atoms with Crippen LogP contribution in [0.15, 0.2) is 36.7 Å². The van der Waals surface area contributed by atoms with Crippen molar-refractivity contribution in [2.45, 2.75) is 12.1 Å². The van der Waals surface area contributed by atoms with E-state index < -0.39 is 0 Å². The maximum absolute atomic E-state index is 12.0. The van der Waals surface area contributed by atoms with Gasteiger partial charge in [0, 0.05) is 6.20 Å². The first-order chi connectivity index (χ1) is 10.7. The third-order valence-electron chi connectivity index (χ3n) is 3.37. The molecule has 2 heterocycles. The number of carbonyl (C=O) groups excluding carboxylic acids is 1. The van der Waals surface area contributed by atoms with E-state index in [1.807, 2.05) is 0 Å². The standard InChI is InChI=1S/C14H15ClN4O3/c15-10-3-1-2-4-13(10)22-9-14(20)17-11-7-21-8-12(11)19-6-5-16-18-19/h1-6,11-12H,7-9H2,(H,17,20)/t11-,12+/m0/s1. The van der Waals surface area contributed by atoms with Gasteiger partial charge in [0.05, 0.1) is 36.5 Å². The Balaban J connectivity index is 1.54. The van der Waals surface area contributed by atoms with Crippen LogP contribution in [0.1, 0.15) is 6.04 Å². The van der Waals surface area contributed by atoms with Gasteiger partial charge in [-0.05, 0) is 12.1 Å². The predicted octanol–water partition coefficient (Wildman–Crippen LogP) is 1.07. The molecule has 2 aromatic rings. The Labute approximate surface area is 132 Å². The predicted molar refractivity (Wildman–Crippen MR) is 78.8 cm³/mol. The Bertz CT molecular complexity index is 635.